The number of aliphatic imine (C=N–C) groups is 1. The molecule has 0 aromatic heterocycles. The molecule has 1 aromatic rings. The Kier molecular flexibility index (Phi) is 13.4. The van der Waals surface area contributed by atoms with Crippen LogP contribution >= 0.6 is 24.0 Å². The van der Waals surface area contributed by atoms with Crippen LogP contribution in [0.4, 0.5) is 0 Å². The summed E-state index contributed by atoms with van der Waals surface area (Å²) in [6.07, 6.45) is 5.87. The van der Waals surface area contributed by atoms with Crippen LogP contribution < -0.4 is 20.1 Å². The number of nitrogens with one attached hydrogen (secondary N) is 2. The minimum atomic E-state index is 0. The van der Waals surface area contributed by atoms with E-state index in [2.05, 4.69) is 35.5 Å². The quantitative estimate of drug-likeness (QED) is 0.239. The van der Waals surface area contributed by atoms with Gasteiger partial charge in [-0.3, -0.25) is 4.99 Å². The van der Waals surface area contributed by atoms with E-state index in [4.69, 9.17) is 9.47 Å². The molecule has 1 aromatic carbocycles. The lowest BCUT2D eigenvalue weighted by molar-refractivity contribution is 0.354. The number of methoxy groups -OCH3 is 2. The average molecular weight is 463 g/mol. The van der Waals surface area contributed by atoms with E-state index in [-0.39, 0.29) is 24.0 Å². The summed E-state index contributed by atoms with van der Waals surface area (Å²) in [5, 5.41) is 6.82. The molecule has 144 valence electrons. The van der Waals surface area contributed by atoms with Gasteiger partial charge in [-0.1, -0.05) is 32.3 Å². The maximum absolute atomic E-state index is 5.34. The van der Waals surface area contributed by atoms with Crippen molar-refractivity contribution >= 4 is 29.9 Å². The summed E-state index contributed by atoms with van der Waals surface area (Å²) in [6, 6.07) is 6.46. The summed E-state index contributed by atoms with van der Waals surface area (Å²) in [7, 11) is 5.12. The Hall–Kier alpha value is -1.18. The highest BCUT2D eigenvalue weighted by molar-refractivity contribution is 14.0. The van der Waals surface area contributed by atoms with Gasteiger partial charge in [0.05, 0.1) is 14.2 Å². The van der Waals surface area contributed by atoms with Crippen LogP contribution in [0.5, 0.6) is 11.5 Å². The molecule has 0 spiro atoms. The number of halogens is 1. The first-order valence-electron chi connectivity index (χ1n) is 8.82. The van der Waals surface area contributed by atoms with Gasteiger partial charge < -0.3 is 20.1 Å². The first-order chi connectivity index (χ1) is 11.6. The number of benzene rings is 1. The number of ether oxygens (including phenoxy) is 2. The lowest BCUT2D eigenvalue weighted by Gasteiger charge is -2.18. The van der Waals surface area contributed by atoms with Crippen molar-refractivity contribution in [2.75, 3.05) is 27.8 Å². The molecule has 0 amide bonds. The van der Waals surface area contributed by atoms with Gasteiger partial charge in [0.2, 0.25) is 0 Å². The van der Waals surface area contributed by atoms with E-state index >= 15 is 0 Å². The number of rotatable bonds is 10. The van der Waals surface area contributed by atoms with Gasteiger partial charge in [0.1, 0.15) is 0 Å². The number of guanidine groups is 1. The van der Waals surface area contributed by atoms with Crippen molar-refractivity contribution in [3.63, 3.8) is 0 Å². The SMILES string of the molecule is CCCCCC(C)NC(=NC)NCCc1ccc(OC)c(OC)c1.I. The normalized spacial score (nSPS) is 12.1. The van der Waals surface area contributed by atoms with E-state index in [0.717, 1.165) is 30.4 Å². The molecule has 6 heteroatoms. The van der Waals surface area contributed by atoms with E-state index in [1.54, 1.807) is 14.2 Å². The molecular weight excluding hydrogens is 429 g/mol. The van der Waals surface area contributed by atoms with Crippen LogP contribution in [0.2, 0.25) is 0 Å². The number of hydrogen-bond acceptors (Lipinski definition) is 3. The fourth-order valence-electron chi connectivity index (χ4n) is 2.56. The second kappa shape index (κ2) is 14.0. The van der Waals surface area contributed by atoms with Gasteiger partial charge >= 0.3 is 0 Å². The lowest BCUT2D eigenvalue weighted by atomic mass is 10.1. The van der Waals surface area contributed by atoms with Crippen molar-refractivity contribution in [2.45, 2.75) is 52.0 Å². The van der Waals surface area contributed by atoms with E-state index in [1.165, 1.54) is 31.2 Å². The molecular formula is C19H34IN3O2. The van der Waals surface area contributed by atoms with Crippen molar-refractivity contribution < 1.29 is 9.47 Å². The zero-order chi connectivity index (χ0) is 17.8. The average Bonchev–Trinajstić information content (AvgIpc) is 2.60. The van der Waals surface area contributed by atoms with Crippen LogP contribution in [0.3, 0.4) is 0 Å². The van der Waals surface area contributed by atoms with Gasteiger partial charge in [-0.2, -0.15) is 0 Å². The summed E-state index contributed by atoms with van der Waals surface area (Å²) >= 11 is 0. The molecule has 0 aliphatic carbocycles. The highest BCUT2D eigenvalue weighted by atomic mass is 127. The van der Waals surface area contributed by atoms with E-state index in [0.29, 0.717) is 6.04 Å². The standard InChI is InChI=1S/C19H33N3O2.HI/c1-6-7-8-9-15(2)22-19(20-3)21-13-12-16-10-11-17(23-4)18(14-16)24-5;/h10-11,14-15H,6-9,12-13H2,1-5H3,(H2,20,21,22);1H. The van der Waals surface area contributed by atoms with Gasteiger partial charge in [-0.25, -0.2) is 0 Å². The van der Waals surface area contributed by atoms with Crippen molar-refractivity contribution in [3.05, 3.63) is 23.8 Å². The number of nitrogens with zero attached hydrogens (tertiary/aromatic N) is 1. The molecule has 0 bridgehead atoms. The number of unbranched alkanes of at least 4 members (excludes halogenated alkanes) is 2. The van der Waals surface area contributed by atoms with Crippen LogP contribution in [0.25, 0.3) is 0 Å². The summed E-state index contributed by atoms with van der Waals surface area (Å²) in [5.74, 6) is 2.38. The zero-order valence-corrected chi connectivity index (χ0v) is 18.6. The predicted octanol–water partition coefficient (Wildman–Crippen LogP) is 4.00. The molecule has 0 heterocycles. The maximum atomic E-state index is 5.34. The second-order valence-corrected chi connectivity index (χ2v) is 5.98. The third-order valence-corrected chi connectivity index (χ3v) is 4.00. The fraction of sp³-hybridized carbons (Fsp3) is 0.632. The van der Waals surface area contributed by atoms with Gasteiger partial charge in [0.15, 0.2) is 17.5 Å². The van der Waals surface area contributed by atoms with Gasteiger partial charge in [-0.15, -0.1) is 24.0 Å². The van der Waals surface area contributed by atoms with Crippen LogP contribution in [0.1, 0.15) is 45.1 Å². The molecule has 0 saturated heterocycles. The van der Waals surface area contributed by atoms with E-state index in [1.807, 2.05) is 19.2 Å². The molecule has 0 fully saturated rings. The zero-order valence-electron chi connectivity index (χ0n) is 16.2. The van der Waals surface area contributed by atoms with E-state index in [9.17, 15) is 0 Å². The lowest BCUT2D eigenvalue weighted by Crippen LogP contribution is -2.42. The summed E-state index contributed by atoms with van der Waals surface area (Å²) in [5.41, 5.74) is 1.20. The molecule has 2 N–H and O–H groups in total. The number of hydrogen-bond donors (Lipinski definition) is 2. The van der Waals surface area contributed by atoms with Crippen LogP contribution in [-0.2, 0) is 6.42 Å². The third kappa shape index (κ3) is 9.18. The highest BCUT2D eigenvalue weighted by Gasteiger charge is 2.06. The minimum absolute atomic E-state index is 0. The molecule has 0 aliphatic heterocycles. The Morgan fingerprint density at radius 2 is 1.88 bits per heavy atom. The first-order valence-corrected chi connectivity index (χ1v) is 8.82. The Morgan fingerprint density at radius 3 is 2.48 bits per heavy atom. The van der Waals surface area contributed by atoms with Gasteiger partial charge in [0, 0.05) is 19.6 Å². The Balaban J connectivity index is 0.00000576. The Labute approximate surface area is 170 Å². The molecule has 5 nitrogen and oxygen atoms in total. The maximum Gasteiger partial charge on any atom is 0.191 e. The Morgan fingerprint density at radius 1 is 1.16 bits per heavy atom. The largest absolute Gasteiger partial charge is 0.493 e. The summed E-state index contributed by atoms with van der Waals surface area (Å²) < 4.78 is 10.6. The van der Waals surface area contributed by atoms with Gasteiger partial charge in [-0.05, 0) is 37.5 Å². The summed E-state index contributed by atoms with van der Waals surface area (Å²) in [4.78, 5) is 4.30. The van der Waals surface area contributed by atoms with Crippen LogP contribution in [-0.4, -0.2) is 39.8 Å². The molecule has 1 atom stereocenters. The summed E-state index contributed by atoms with van der Waals surface area (Å²) in [6.45, 7) is 5.25. The predicted molar refractivity (Wildman–Crippen MR) is 117 cm³/mol. The molecule has 25 heavy (non-hydrogen) atoms. The fourth-order valence-corrected chi connectivity index (χ4v) is 2.56. The third-order valence-electron chi connectivity index (χ3n) is 4.00. The van der Waals surface area contributed by atoms with Gasteiger partial charge in [0.25, 0.3) is 0 Å². The Bertz CT molecular complexity index is 509. The van der Waals surface area contributed by atoms with Crippen LogP contribution in [0.15, 0.2) is 23.2 Å². The van der Waals surface area contributed by atoms with E-state index < -0.39 is 0 Å². The highest BCUT2D eigenvalue weighted by Crippen LogP contribution is 2.27. The monoisotopic (exact) mass is 463 g/mol. The van der Waals surface area contributed by atoms with Crippen molar-refractivity contribution in [1.29, 1.82) is 0 Å². The van der Waals surface area contributed by atoms with Crippen molar-refractivity contribution in [2.24, 2.45) is 4.99 Å². The molecule has 1 unspecified atom stereocenters. The molecule has 0 saturated carbocycles. The second-order valence-electron chi connectivity index (χ2n) is 5.98. The molecule has 1 rings (SSSR count). The first kappa shape index (κ1) is 23.8. The van der Waals surface area contributed by atoms with Crippen LogP contribution in [0, 0.1) is 0 Å². The topological polar surface area (TPSA) is 54.9 Å². The van der Waals surface area contributed by atoms with Crippen molar-refractivity contribution in [3.8, 4) is 11.5 Å². The minimum Gasteiger partial charge on any atom is -0.493 e. The smallest absolute Gasteiger partial charge is 0.191 e. The molecule has 0 aliphatic rings. The van der Waals surface area contributed by atoms with Crippen molar-refractivity contribution in [1.82, 2.24) is 10.6 Å². The molecule has 0 radical (unpaired) electrons.